The lowest BCUT2D eigenvalue weighted by Gasteiger charge is -2.35. The summed E-state index contributed by atoms with van der Waals surface area (Å²) in [5.74, 6) is 0. The summed E-state index contributed by atoms with van der Waals surface area (Å²) in [6.07, 6.45) is 0. The molecule has 0 spiro atoms. The van der Waals surface area contributed by atoms with Crippen molar-refractivity contribution in [2.24, 2.45) is 0 Å². The van der Waals surface area contributed by atoms with Gasteiger partial charge in [0.1, 0.15) is 11.2 Å². The van der Waals surface area contributed by atoms with Crippen molar-refractivity contribution in [2.45, 2.75) is 5.41 Å². The summed E-state index contributed by atoms with van der Waals surface area (Å²) in [5.41, 5.74) is 19.2. The van der Waals surface area contributed by atoms with E-state index in [9.17, 15) is 0 Å². The lowest BCUT2D eigenvalue weighted by Crippen LogP contribution is -2.28. The third-order valence-electron chi connectivity index (χ3n) is 14.0. The third kappa shape index (κ3) is 6.26. The molecule has 0 atom stereocenters. The van der Waals surface area contributed by atoms with Gasteiger partial charge in [0.15, 0.2) is 0 Å². The predicted octanol–water partition coefficient (Wildman–Crippen LogP) is 17.6. The number of anilines is 3. The van der Waals surface area contributed by atoms with Crippen molar-refractivity contribution < 1.29 is 4.42 Å². The molecule has 13 rings (SSSR count). The molecule has 0 radical (unpaired) electrons. The summed E-state index contributed by atoms with van der Waals surface area (Å²) in [4.78, 5) is 2.42. The van der Waals surface area contributed by atoms with Crippen LogP contribution in [0, 0.1) is 0 Å². The van der Waals surface area contributed by atoms with Crippen molar-refractivity contribution in [1.82, 2.24) is 0 Å². The van der Waals surface area contributed by atoms with Crippen LogP contribution in [-0.4, -0.2) is 0 Å². The Balaban J connectivity index is 0.987. The molecule has 314 valence electrons. The number of rotatable bonds is 8. The van der Waals surface area contributed by atoms with Gasteiger partial charge in [-0.2, -0.15) is 0 Å². The largest absolute Gasteiger partial charge is 0.456 e. The fourth-order valence-corrected chi connectivity index (χ4v) is 10.9. The van der Waals surface area contributed by atoms with E-state index in [1.165, 1.54) is 66.4 Å². The van der Waals surface area contributed by atoms with Crippen molar-refractivity contribution >= 4 is 49.8 Å². The van der Waals surface area contributed by atoms with E-state index in [4.69, 9.17) is 4.42 Å². The van der Waals surface area contributed by atoms with Crippen molar-refractivity contribution in [3.05, 3.63) is 283 Å². The minimum atomic E-state index is -0.524. The van der Waals surface area contributed by atoms with Crippen LogP contribution in [0.2, 0.25) is 0 Å². The highest BCUT2D eigenvalue weighted by Gasteiger charge is 2.46. The second kappa shape index (κ2) is 15.8. The maximum absolute atomic E-state index is 6.19. The minimum absolute atomic E-state index is 0.524. The fraction of sp³-hybridized carbons (Fsp3) is 0.0154. The van der Waals surface area contributed by atoms with Crippen LogP contribution in [0.5, 0.6) is 0 Å². The molecule has 1 aliphatic carbocycles. The average molecular weight is 854 g/mol. The quantitative estimate of drug-likeness (QED) is 0.151. The van der Waals surface area contributed by atoms with Gasteiger partial charge < -0.3 is 9.32 Å². The number of benzene rings is 11. The van der Waals surface area contributed by atoms with Gasteiger partial charge in [-0.1, -0.05) is 206 Å². The molecule has 0 fully saturated rings. The molecule has 1 heterocycles. The van der Waals surface area contributed by atoms with Gasteiger partial charge in [0, 0.05) is 27.8 Å². The Kier molecular flexibility index (Phi) is 9.11. The fourth-order valence-electron chi connectivity index (χ4n) is 10.9. The Morgan fingerprint density at radius 2 is 0.836 bits per heavy atom. The van der Waals surface area contributed by atoms with Crippen LogP contribution in [0.3, 0.4) is 0 Å². The average Bonchev–Trinajstić information content (AvgIpc) is 3.93. The maximum atomic E-state index is 6.19. The zero-order valence-electron chi connectivity index (χ0n) is 36.7. The standard InChI is InChI=1S/C65H43NO/c1-4-17-47(18-5-1)64-54-23-11-10-16-45(54)32-39-55(64)46-30-36-52(37-31-46)66(51-34-28-44(29-35-51)48-33-41-63-59(42-48)58-25-13-15-27-62(58)67-63)53-38-40-57-56-24-12-14-26-60(56)65(61(57)43-53,49-19-6-2-7-20-49)50-21-8-3-9-22-50/h1-43H. The Morgan fingerprint density at radius 3 is 1.57 bits per heavy atom. The van der Waals surface area contributed by atoms with E-state index in [1.807, 2.05) is 12.1 Å². The van der Waals surface area contributed by atoms with Gasteiger partial charge in [-0.15, -0.1) is 0 Å². The first kappa shape index (κ1) is 38.7. The molecule has 12 aromatic rings. The lowest BCUT2D eigenvalue weighted by molar-refractivity contribution is 0.669. The van der Waals surface area contributed by atoms with Crippen molar-refractivity contribution in [1.29, 1.82) is 0 Å². The van der Waals surface area contributed by atoms with Crippen LogP contribution in [0.4, 0.5) is 17.1 Å². The van der Waals surface area contributed by atoms with Gasteiger partial charge in [0.05, 0.1) is 5.41 Å². The van der Waals surface area contributed by atoms with E-state index in [0.29, 0.717) is 0 Å². The van der Waals surface area contributed by atoms with Gasteiger partial charge in [-0.3, -0.25) is 0 Å². The monoisotopic (exact) mass is 853 g/mol. The zero-order chi connectivity index (χ0) is 44.3. The summed E-state index contributed by atoms with van der Waals surface area (Å²) in [6, 6.07) is 95.2. The van der Waals surface area contributed by atoms with Crippen LogP contribution in [-0.2, 0) is 5.41 Å². The highest BCUT2D eigenvalue weighted by atomic mass is 16.3. The highest BCUT2D eigenvalue weighted by molar-refractivity contribution is 6.07. The molecule has 2 nitrogen and oxygen atoms in total. The molecular formula is C65H43NO. The topological polar surface area (TPSA) is 16.4 Å². The molecule has 0 N–H and O–H groups in total. The van der Waals surface area contributed by atoms with E-state index in [0.717, 1.165) is 50.1 Å². The Labute approximate surface area is 390 Å². The number of para-hydroxylation sites is 1. The maximum Gasteiger partial charge on any atom is 0.135 e. The molecule has 1 aromatic heterocycles. The van der Waals surface area contributed by atoms with E-state index >= 15 is 0 Å². The predicted molar refractivity (Wildman–Crippen MR) is 280 cm³/mol. The third-order valence-corrected chi connectivity index (χ3v) is 14.0. The molecule has 0 saturated carbocycles. The van der Waals surface area contributed by atoms with Crippen LogP contribution < -0.4 is 4.90 Å². The Hall–Kier alpha value is -8.72. The molecule has 0 saturated heterocycles. The van der Waals surface area contributed by atoms with Gasteiger partial charge >= 0.3 is 0 Å². The highest BCUT2D eigenvalue weighted by Crippen LogP contribution is 2.57. The molecule has 67 heavy (non-hydrogen) atoms. The first-order chi connectivity index (χ1) is 33.2. The number of hydrogen-bond donors (Lipinski definition) is 0. The van der Waals surface area contributed by atoms with Crippen molar-refractivity contribution in [3.8, 4) is 44.5 Å². The number of furan rings is 1. The molecule has 0 bridgehead atoms. The molecule has 0 aliphatic heterocycles. The summed E-state index contributed by atoms with van der Waals surface area (Å²) >= 11 is 0. The molecule has 11 aromatic carbocycles. The zero-order valence-corrected chi connectivity index (χ0v) is 36.7. The van der Waals surface area contributed by atoms with Crippen LogP contribution in [0.15, 0.2) is 265 Å². The first-order valence-electron chi connectivity index (χ1n) is 23.1. The molecule has 2 heteroatoms. The van der Waals surface area contributed by atoms with Crippen molar-refractivity contribution in [2.75, 3.05) is 4.90 Å². The summed E-state index contributed by atoms with van der Waals surface area (Å²) in [6.45, 7) is 0. The van der Waals surface area contributed by atoms with Crippen LogP contribution in [0.25, 0.3) is 77.2 Å². The molecule has 1 aliphatic rings. The first-order valence-corrected chi connectivity index (χ1v) is 23.1. The molecule has 0 unspecified atom stereocenters. The summed E-state index contributed by atoms with van der Waals surface area (Å²) in [5, 5.41) is 4.73. The summed E-state index contributed by atoms with van der Waals surface area (Å²) < 4.78 is 6.19. The number of hydrogen-bond acceptors (Lipinski definition) is 2. The smallest absolute Gasteiger partial charge is 0.135 e. The van der Waals surface area contributed by atoms with E-state index < -0.39 is 5.41 Å². The van der Waals surface area contributed by atoms with E-state index in [2.05, 4.69) is 254 Å². The molecule has 0 amide bonds. The minimum Gasteiger partial charge on any atom is -0.456 e. The Bertz CT molecular complexity index is 3740. The second-order valence-electron chi connectivity index (χ2n) is 17.6. The summed E-state index contributed by atoms with van der Waals surface area (Å²) in [7, 11) is 0. The van der Waals surface area contributed by atoms with E-state index in [1.54, 1.807) is 0 Å². The van der Waals surface area contributed by atoms with Gasteiger partial charge in [0.2, 0.25) is 0 Å². The van der Waals surface area contributed by atoms with Gasteiger partial charge in [-0.05, 0) is 132 Å². The molecular weight excluding hydrogens is 811 g/mol. The van der Waals surface area contributed by atoms with Crippen LogP contribution >= 0.6 is 0 Å². The SMILES string of the molecule is c1ccc(-c2c(-c3ccc(N(c4ccc(-c5ccc6oc7ccccc7c6c5)cc4)c4ccc5c(c4)C(c4ccccc4)(c4ccccc4)c4ccccc4-5)cc3)ccc3ccccc23)cc1. The number of nitrogens with zero attached hydrogens (tertiary/aromatic N) is 1. The Morgan fingerprint density at radius 1 is 0.299 bits per heavy atom. The normalized spacial score (nSPS) is 12.6. The van der Waals surface area contributed by atoms with E-state index in [-0.39, 0.29) is 0 Å². The van der Waals surface area contributed by atoms with Gasteiger partial charge in [-0.25, -0.2) is 0 Å². The lowest BCUT2D eigenvalue weighted by atomic mass is 9.67. The van der Waals surface area contributed by atoms with Crippen LogP contribution in [0.1, 0.15) is 22.3 Å². The second-order valence-corrected chi connectivity index (χ2v) is 17.6. The number of fused-ring (bicyclic) bond motifs is 7. The van der Waals surface area contributed by atoms with Crippen molar-refractivity contribution in [3.63, 3.8) is 0 Å². The van der Waals surface area contributed by atoms with Gasteiger partial charge in [0.25, 0.3) is 0 Å².